The summed E-state index contributed by atoms with van der Waals surface area (Å²) in [6.07, 6.45) is 8.47. The first kappa shape index (κ1) is 23.6. The second kappa shape index (κ2) is 10.7. The molecule has 0 N–H and O–H groups in total. The molecule has 1 atom stereocenters. The predicted octanol–water partition coefficient (Wildman–Crippen LogP) is 8.13. The van der Waals surface area contributed by atoms with E-state index in [0.29, 0.717) is 0 Å². The highest BCUT2D eigenvalue weighted by atomic mass is 14.8. The minimum atomic E-state index is -0.533. The molecule has 0 fully saturated rings. The third-order valence-corrected chi connectivity index (χ3v) is 7.24. The van der Waals surface area contributed by atoms with Crippen molar-refractivity contribution >= 4 is 11.8 Å². The lowest BCUT2D eigenvalue weighted by Crippen LogP contribution is -2.39. The Bertz CT molecular complexity index is 1420. The third kappa shape index (κ3) is 4.31. The van der Waals surface area contributed by atoms with Crippen LogP contribution in [0.3, 0.4) is 0 Å². The molecule has 6 rings (SSSR count). The van der Waals surface area contributed by atoms with Crippen LogP contribution in [0, 0.1) is 5.92 Å². The van der Waals surface area contributed by atoms with Gasteiger partial charge in [0.05, 0.1) is 16.8 Å². The SMILES string of the molecule is C1=CC(C(c2ccccc2)(c2ccccc2)c2ccccn2)C=NC1=C(c1ccccc1)c1ccccc1. The van der Waals surface area contributed by atoms with Gasteiger partial charge >= 0.3 is 0 Å². The first-order chi connectivity index (χ1) is 18.9. The van der Waals surface area contributed by atoms with E-state index in [9.17, 15) is 0 Å². The highest BCUT2D eigenvalue weighted by Gasteiger charge is 2.43. The number of allylic oxidation sites excluding steroid dienone is 2. The van der Waals surface area contributed by atoms with Gasteiger partial charge in [-0.25, -0.2) is 0 Å². The molecule has 1 aliphatic rings. The largest absolute Gasteiger partial charge is 0.260 e. The fourth-order valence-electron chi connectivity index (χ4n) is 5.54. The van der Waals surface area contributed by atoms with E-state index in [1.165, 1.54) is 11.1 Å². The summed E-state index contributed by atoms with van der Waals surface area (Å²) in [5, 5.41) is 0. The maximum atomic E-state index is 5.15. The van der Waals surface area contributed by atoms with Gasteiger partial charge in [0.2, 0.25) is 0 Å². The molecule has 1 aromatic heterocycles. The summed E-state index contributed by atoms with van der Waals surface area (Å²) >= 11 is 0. The molecule has 0 saturated heterocycles. The highest BCUT2D eigenvalue weighted by molar-refractivity contribution is 5.86. The van der Waals surface area contributed by atoms with Crippen molar-refractivity contribution in [3.63, 3.8) is 0 Å². The van der Waals surface area contributed by atoms with Gasteiger partial charge in [0.15, 0.2) is 0 Å². The van der Waals surface area contributed by atoms with Crippen LogP contribution in [0.15, 0.2) is 169 Å². The van der Waals surface area contributed by atoms with Gasteiger partial charge in [0, 0.05) is 23.9 Å². The van der Waals surface area contributed by atoms with E-state index in [-0.39, 0.29) is 5.92 Å². The third-order valence-electron chi connectivity index (χ3n) is 7.24. The summed E-state index contributed by atoms with van der Waals surface area (Å²) < 4.78 is 0. The molecular weight excluding hydrogens is 460 g/mol. The smallest absolute Gasteiger partial charge is 0.0736 e. The molecular formula is C36H28N2. The standard InChI is InChI=1S/C36H28N2/c1-5-15-28(16-6-1)35(29-17-7-2-8-18-29)33-25-24-32(27-38-33)36(30-19-9-3-10-20-30,31-21-11-4-12-22-31)34-23-13-14-26-37-34/h1-27,32H. The number of dihydropyridines is 1. The van der Waals surface area contributed by atoms with Crippen LogP contribution in [0.2, 0.25) is 0 Å². The number of nitrogens with zero attached hydrogens (tertiary/aromatic N) is 2. The van der Waals surface area contributed by atoms with Crippen molar-refractivity contribution in [2.24, 2.45) is 10.9 Å². The van der Waals surface area contributed by atoms with Crippen molar-refractivity contribution in [2.45, 2.75) is 5.41 Å². The molecule has 0 bridgehead atoms. The lowest BCUT2D eigenvalue weighted by molar-refractivity contribution is 0.536. The van der Waals surface area contributed by atoms with Gasteiger partial charge in [0.1, 0.15) is 0 Å². The summed E-state index contributed by atoms with van der Waals surface area (Å²) in [5.74, 6) is -0.0428. The van der Waals surface area contributed by atoms with Crippen molar-refractivity contribution in [2.75, 3.05) is 0 Å². The summed E-state index contributed by atoms with van der Waals surface area (Å²) in [5.41, 5.74) is 7.21. The van der Waals surface area contributed by atoms with E-state index in [4.69, 9.17) is 9.98 Å². The topological polar surface area (TPSA) is 25.2 Å². The van der Waals surface area contributed by atoms with Crippen LogP contribution in [0.5, 0.6) is 0 Å². The molecule has 2 heteroatoms. The van der Waals surface area contributed by atoms with Gasteiger partial charge in [-0.2, -0.15) is 0 Å². The number of pyridine rings is 1. The average molecular weight is 489 g/mol. The summed E-state index contributed by atoms with van der Waals surface area (Å²) in [4.78, 5) is 10.1. The average Bonchev–Trinajstić information content (AvgIpc) is 3.01. The van der Waals surface area contributed by atoms with Crippen molar-refractivity contribution < 1.29 is 0 Å². The van der Waals surface area contributed by atoms with Crippen molar-refractivity contribution in [3.8, 4) is 0 Å². The van der Waals surface area contributed by atoms with Crippen LogP contribution >= 0.6 is 0 Å². The normalized spacial score (nSPS) is 14.8. The summed E-state index contributed by atoms with van der Waals surface area (Å²) in [7, 11) is 0. The van der Waals surface area contributed by atoms with Crippen LogP contribution in [0.4, 0.5) is 0 Å². The van der Waals surface area contributed by atoms with E-state index in [0.717, 1.165) is 28.1 Å². The Morgan fingerprint density at radius 1 is 0.553 bits per heavy atom. The van der Waals surface area contributed by atoms with Crippen LogP contribution in [0.1, 0.15) is 27.9 Å². The van der Waals surface area contributed by atoms with E-state index >= 15 is 0 Å². The first-order valence-electron chi connectivity index (χ1n) is 13.0. The molecule has 182 valence electrons. The second-order valence-corrected chi connectivity index (χ2v) is 9.41. The molecule has 4 aromatic carbocycles. The molecule has 2 heterocycles. The quantitative estimate of drug-likeness (QED) is 0.237. The van der Waals surface area contributed by atoms with Gasteiger partial charge < -0.3 is 0 Å². The highest BCUT2D eigenvalue weighted by Crippen LogP contribution is 2.46. The molecule has 2 nitrogen and oxygen atoms in total. The predicted molar refractivity (Wildman–Crippen MR) is 157 cm³/mol. The first-order valence-corrected chi connectivity index (χ1v) is 13.0. The number of benzene rings is 4. The Labute approximate surface area is 224 Å². The van der Waals surface area contributed by atoms with Crippen molar-refractivity contribution in [3.05, 3.63) is 192 Å². The van der Waals surface area contributed by atoms with Crippen LogP contribution in [0.25, 0.3) is 5.57 Å². The number of hydrogen-bond donors (Lipinski definition) is 0. The molecule has 38 heavy (non-hydrogen) atoms. The summed E-state index contributed by atoms with van der Waals surface area (Å²) in [6, 6.07) is 48.5. The number of hydrogen-bond acceptors (Lipinski definition) is 2. The molecule has 1 unspecified atom stereocenters. The molecule has 0 radical (unpaired) electrons. The molecule has 0 spiro atoms. The van der Waals surface area contributed by atoms with Gasteiger partial charge in [-0.3, -0.25) is 9.98 Å². The van der Waals surface area contributed by atoms with E-state index in [2.05, 4.69) is 140 Å². The Morgan fingerprint density at radius 2 is 1.05 bits per heavy atom. The van der Waals surface area contributed by atoms with Crippen molar-refractivity contribution in [1.29, 1.82) is 0 Å². The zero-order valence-corrected chi connectivity index (χ0v) is 21.1. The monoisotopic (exact) mass is 488 g/mol. The van der Waals surface area contributed by atoms with Crippen LogP contribution in [-0.4, -0.2) is 11.2 Å². The Kier molecular flexibility index (Phi) is 6.61. The molecule has 0 saturated carbocycles. The number of rotatable bonds is 6. The van der Waals surface area contributed by atoms with Gasteiger partial charge in [-0.05, 0) is 40.5 Å². The fourth-order valence-corrected chi connectivity index (χ4v) is 5.54. The zero-order chi connectivity index (χ0) is 25.6. The molecule has 5 aromatic rings. The Morgan fingerprint density at radius 3 is 1.50 bits per heavy atom. The lowest BCUT2D eigenvalue weighted by Gasteiger charge is -2.39. The van der Waals surface area contributed by atoms with E-state index in [1.807, 2.05) is 24.4 Å². The lowest BCUT2D eigenvalue weighted by atomic mass is 9.63. The summed E-state index contributed by atoms with van der Waals surface area (Å²) in [6.45, 7) is 0. The Hall–Kier alpha value is -4.82. The molecule has 1 aliphatic heterocycles. The molecule has 0 aliphatic carbocycles. The zero-order valence-electron chi connectivity index (χ0n) is 21.1. The van der Waals surface area contributed by atoms with Gasteiger partial charge in [-0.1, -0.05) is 133 Å². The maximum absolute atomic E-state index is 5.15. The minimum Gasteiger partial charge on any atom is -0.260 e. The maximum Gasteiger partial charge on any atom is 0.0736 e. The number of aromatic nitrogens is 1. The van der Waals surface area contributed by atoms with Crippen LogP contribution < -0.4 is 0 Å². The Balaban J connectivity index is 1.55. The van der Waals surface area contributed by atoms with E-state index < -0.39 is 5.41 Å². The van der Waals surface area contributed by atoms with Crippen molar-refractivity contribution in [1.82, 2.24) is 4.98 Å². The van der Waals surface area contributed by atoms with Crippen LogP contribution in [-0.2, 0) is 5.41 Å². The fraction of sp³-hybridized carbons (Fsp3) is 0.0556. The van der Waals surface area contributed by atoms with Gasteiger partial charge in [-0.15, -0.1) is 0 Å². The van der Waals surface area contributed by atoms with E-state index in [1.54, 1.807) is 0 Å². The minimum absolute atomic E-state index is 0.0428. The van der Waals surface area contributed by atoms with Gasteiger partial charge in [0.25, 0.3) is 0 Å². The number of aliphatic imine (C=N–C) groups is 1. The molecule has 0 amide bonds. The second-order valence-electron chi connectivity index (χ2n) is 9.41.